The number of hydrogen-bond acceptors (Lipinski definition) is 4. The fourth-order valence-electron chi connectivity index (χ4n) is 1.38. The molecule has 0 saturated heterocycles. The van der Waals surface area contributed by atoms with Crippen molar-refractivity contribution in [2.75, 3.05) is 13.6 Å². The zero-order valence-corrected chi connectivity index (χ0v) is 13.0. The van der Waals surface area contributed by atoms with Crippen LogP contribution in [0.3, 0.4) is 0 Å². The number of hydrogen-bond donors (Lipinski definition) is 2. The molecule has 16 heavy (non-hydrogen) atoms. The molecule has 0 fully saturated rings. The second kappa shape index (κ2) is 5.60. The smallest absolute Gasteiger partial charge is 0.366 e. The van der Waals surface area contributed by atoms with E-state index in [-0.39, 0.29) is 11.2 Å². The predicted octanol–water partition coefficient (Wildman–Crippen LogP) is 1.88. The fourth-order valence-corrected chi connectivity index (χ4v) is 4.14. The molecular formula is C11H28N2O2Si. The molecule has 5 heteroatoms. The third-order valence-corrected chi connectivity index (χ3v) is 4.92. The molecular weight excluding hydrogens is 220 g/mol. The molecule has 0 bridgehead atoms. The lowest BCUT2D eigenvalue weighted by Gasteiger charge is -2.39. The molecule has 4 nitrogen and oxygen atoms in total. The van der Waals surface area contributed by atoms with Crippen LogP contribution in [-0.2, 0) is 8.85 Å². The van der Waals surface area contributed by atoms with Crippen molar-refractivity contribution in [1.82, 2.24) is 9.96 Å². The Balaban J connectivity index is 4.85. The monoisotopic (exact) mass is 248 g/mol. The predicted molar refractivity (Wildman–Crippen MR) is 70.2 cm³/mol. The van der Waals surface area contributed by atoms with Crippen LogP contribution in [0.15, 0.2) is 0 Å². The van der Waals surface area contributed by atoms with E-state index >= 15 is 0 Å². The molecule has 0 saturated carbocycles. The first kappa shape index (κ1) is 16.1. The maximum atomic E-state index is 6.09. The lowest BCUT2D eigenvalue weighted by Crippen LogP contribution is -2.70. The minimum Gasteiger partial charge on any atom is -0.366 e. The van der Waals surface area contributed by atoms with E-state index in [0.29, 0.717) is 0 Å². The lowest BCUT2D eigenvalue weighted by molar-refractivity contribution is 0.00246. The van der Waals surface area contributed by atoms with Gasteiger partial charge in [0.15, 0.2) is 0 Å². The summed E-state index contributed by atoms with van der Waals surface area (Å²) in [5.74, 6) is 0. The Morgan fingerprint density at radius 3 is 1.50 bits per heavy atom. The summed E-state index contributed by atoms with van der Waals surface area (Å²) in [5.41, 5.74) is -0.467. The molecule has 0 aliphatic rings. The highest BCUT2D eigenvalue weighted by Crippen LogP contribution is 2.19. The van der Waals surface area contributed by atoms with Crippen LogP contribution in [0.5, 0.6) is 0 Å². The van der Waals surface area contributed by atoms with Crippen molar-refractivity contribution in [2.45, 2.75) is 59.7 Å². The van der Waals surface area contributed by atoms with Crippen molar-refractivity contribution in [3.8, 4) is 0 Å². The van der Waals surface area contributed by atoms with Gasteiger partial charge in [-0.15, -0.1) is 0 Å². The normalized spacial score (nSPS) is 14.2. The van der Waals surface area contributed by atoms with Crippen molar-refractivity contribution >= 4 is 8.88 Å². The minimum absolute atomic E-state index is 0.233. The van der Waals surface area contributed by atoms with Crippen molar-refractivity contribution in [2.24, 2.45) is 0 Å². The van der Waals surface area contributed by atoms with Gasteiger partial charge in [-0.1, -0.05) is 6.92 Å². The van der Waals surface area contributed by atoms with E-state index in [9.17, 15) is 0 Å². The molecule has 0 spiro atoms. The van der Waals surface area contributed by atoms with Gasteiger partial charge in [0.2, 0.25) is 0 Å². The van der Waals surface area contributed by atoms with Gasteiger partial charge >= 0.3 is 8.88 Å². The quantitative estimate of drug-likeness (QED) is 0.729. The first-order valence-corrected chi connectivity index (χ1v) is 7.69. The van der Waals surface area contributed by atoms with E-state index in [1.165, 1.54) is 0 Å². The molecule has 0 rings (SSSR count). The first-order valence-electron chi connectivity index (χ1n) is 5.88. The van der Waals surface area contributed by atoms with Crippen LogP contribution in [0.25, 0.3) is 0 Å². The van der Waals surface area contributed by atoms with Crippen molar-refractivity contribution in [3.05, 3.63) is 0 Å². The largest absolute Gasteiger partial charge is 0.517 e. The maximum absolute atomic E-state index is 6.09. The number of nitrogens with one attached hydrogen (secondary N) is 2. The van der Waals surface area contributed by atoms with E-state index in [1.807, 2.05) is 48.6 Å². The van der Waals surface area contributed by atoms with Gasteiger partial charge in [0.25, 0.3) is 0 Å². The Labute approximate surface area is 102 Å². The van der Waals surface area contributed by atoms with Gasteiger partial charge in [0.1, 0.15) is 0 Å². The van der Waals surface area contributed by atoms with Crippen LogP contribution in [0.1, 0.15) is 48.5 Å². The number of rotatable bonds is 5. The molecule has 0 aromatic carbocycles. The summed E-state index contributed by atoms with van der Waals surface area (Å²) >= 11 is 0. The molecule has 0 aromatic heterocycles. The summed E-state index contributed by atoms with van der Waals surface area (Å²) in [7, 11) is -0.659. The lowest BCUT2D eigenvalue weighted by atomic mass is 10.2. The van der Waals surface area contributed by atoms with Gasteiger partial charge in [0, 0.05) is 0 Å². The Morgan fingerprint density at radius 1 is 0.938 bits per heavy atom. The third-order valence-electron chi connectivity index (χ3n) is 1.64. The minimum atomic E-state index is -2.54. The zero-order chi connectivity index (χ0) is 13.0. The highest BCUT2D eigenvalue weighted by Gasteiger charge is 2.44. The van der Waals surface area contributed by atoms with E-state index in [4.69, 9.17) is 8.85 Å². The van der Waals surface area contributed by atoms with Crippen LogP contribution in [0.2, 0.25) is 0 Å². The van der Waals surface area contributed by atoms with E-state index < -0.39 is 8.88 Å². The standard InChI is InChI=1S/C11H28N2O2Si/c1-9-13-16(12-8,14-10(2,3)4)15-11(5,6)7/h12-13H,9H2,1-8H3. The molecule has 0 unspecified atom stereocenters. The SMILES string of the molecule is CCN[Si](NC)(OC(C)(C)C)OC(C)(C)C. The van der Waals surface area contributed by atoms with Crippen LogP contribution < -0.4 is 9.96 Å². The van der Waals surface area contributed by atoms with Crippen LogP contribution in [-0.4, -0.2) is 33.7 Å². The molecule has 0 aliphatic heterocycles. The molecule has 0 atom stereocenters. The molecule has 0 aromatic rings. The summed E-state index contributed by atoms with van der Waals surface area (Å²) in [6, 6.07) is 0. The molecule has 0 heterocycles. The van der Waals surface area contributed by atoms with Gasteiger partial charge in [-0.3, -0.25) is 9.96 Å². The van der Waals surface area contributed by atoms with Gasteiger partial charge < -0.3 is 8.85 Å². The van der Waals surface area contributed by atoms with Crippen molar-refractivity contribution in [3.63, 3.8) is 0 Å². The Kier molecular flexibility index (Phi) is 5.62. The van der Waals surface area contributed by atoms with E-state index in [1.54, 1.807) is 0 Å². The summed E-state index contributed by atoms with van der Waals surface area (Å²) in [4.78, 5) is 6.56. The van der Waals surface area contributed by atoms with Gasteiger partial charge in [-0.05, 0) is 55.1 Å². The van der Waals surface area contributed by atoms with E-state index in [2.05, 4.69) is 16.9 Å². The molecule has 0 aliphatic carbocycles. The maximum Gasteiger partial charge on any atom is 0.517 e. The van der Waals surface area contributed by atoms with Crippen LogP contribution >= 0.6 is 0 Å². The Morgan fingerprint density at radius 2 is 1.31 bits per heavy atom. The summed E-state index contributed by atoms with van der Waals surface area (Å²) in [6.45, 7) is 15.1. The van der Waals surface area contributed by atoms with E-state index in [0.717, 1.165) is 6.54 Å². The second-order valence-electron chi connectivity index (χ2n) is 5.83. The topological polar surface area (TPSA) is 42.5 Å². The summed E-state index contributed by atoms with van der Waals surface area (Å²) in [5, 5.41) is 0. The van der Waals surface area contributed by atoms with Crippen molar-refractivity contribution in [1.29, 1.82) is 0 Å². The van der Waals surface area contributed by atoms with Gasteiger partial charge in [-0.2, -0.15) is 0 Å². The Bertz CT molecular complexity index is 193. The molecule has 0 radical (unpaired) electrons. The zero-order valence-electron chi connectivity index (χ0n) is 12.0. The Hall–Kier alpha value is 0.0569. The molecule has 2 N–H and O–H groups in total. The molecule has 98 valence electrons. The van der Waals surface area contributed by atoms with Crippen LogP contribution in [0, 0.1) is 0 Å². The van der Waals surface area contributed by atoms with Crippen LogP contribution in [0.4, 0.5) is 0 Å². The summed E-state index contributed by atoms with van der Waals surface area (Å²) < 4.78 is 12.2. The second-order valence-corrected chi connectivity index (χ2v) is 8.32. The fraction of sp³-hybridized carbons (Fsp3) is 1.00. The molecule has 0 amide bonds. The summed E-state index contributed by atoms with van der Waals surface area (Å²) in [6.07, 6.45) is 0. The average molecular weight is 248 g/mol. The first-order chi connectivity index (χ1) is 7.04. The van der Waals surface area contributed by atoms with Gasteiger partial charge in [0.05, 0.1) is 11.2 Å². The highest BCUT2D eigenvalue weighted by atomic mass is 28.4. The van der Waals surface area contributed by atoms with Crippen molar-refractivity contribution < 1.29 is 8.85 Å². The van der Waals surface area contributed by atoms with Gasteiger partial charge in [-0.25, -0.2) is 0 Å². The average Bonchev–Trinajstić information content (AvgIpc) is 1.98. The highest BCUT2D eigenvalue weighted by molar-refractivity contribution is 6.62. The third kappa shape index (κ3) is 6.60.